The van der Waals surface area contributed by atoms with E-state index in [1.54, 1.807) is 31.2 Å². The summed E-state index contributed by atoms with van der Waals surface area (Å²) in [5, 5.41) is 0. The van der Waals surface area contributed by atoms with E-state index in [-0.39, 0.29) is 0 Å². The normalized spacial score (nSPS) is 15.5. The van der Waals surface area contributed by atoms with Gasteiger partial charge in [0, 0.05) is 15.1 Å². The van der Waals surface area contributed by atoms with E-state index in [4.69, 9.17) is 4.78 Å². The Hall–Kier alpha value is -0.350. The number of benzene rings is 1. The quantitative estimate of drug-likeness (QED) is 0.858. The van der Waals surface area contributed by atoms with Gasteiger partial charge in [0.25, 0.3) is 0 Å². The van der Waals surface area contributed by atoms with Gasteiger partial charge in [-0.3, -0.25) is 0 Å². The fourth-order valence-electron chi connectivity index (χ4n) is 0.821. The van der Waals surface area contributed by atoms with Gasteiger partial charge >= 0.3 is 0 Å². The Labute approximate surface area is 81.1 Å². The third-order valence-electron chi connectivity index (χ3n) is 1.60. The van der Waals surface area contributed by atoms with Crippen molar-refractivity contribution in [1.82, 2.24) is 0 Å². The largest absolute Gasteiger partial charge is 0.249 e. The lowest BCUT2D eigenvalue weighted by Crippen LogP contribution is -2.00. The van der Waals surface area contributed by atoms with E-state index < -0.39 is 9.73 Å². The van der Waals surface area contributed by atoms with Crippen LogP contribution < -0.4 is 0 Å². The molecule has 12 heavy (non-hydrogen) atoms. The summed E-state index contributed by atoms with van der Waals surface area (Å²) >= 11 is 3.28. The van der Waals surface area contributed by atoms with Crippen LogP contribution in [-0.2, 0) is 9.73 Å². The predicted molar refractivity (Wildman–Crippen MR) is 53.8 cm³/mol. The minimum atomic E-state index is -2.54. The van der Waals surface area contributed by atoms with Gasteiger partial charge in [-0.2, -0.15) is 0 Å². The van der Waals surface area contributed by atoms with E-state index >= 15 is 0 Å². The van der Waals surface area contributed by atoms with Crippen LogP contribution in [0.1, 0.15) is 6.92 Å². The topological polar surface area (TPSA) is 40.9 Å². The zero-order valence-corrected chi connectivity index (χ0v) is 9.11. The highest BCUT2D eigenvalue weighted by molar-refractivity contribution is 9.10. The molecule has 0 radical (unpaired) electrons. The van der Waals surface area contributed by atoms with Gasteiger partial charge in [-0.05, 0) is 24.3 Å². The first-order valence-corrected chi connectivity index (χ1v) is 6.10. The first-order valence-electron chi connectivity index (χ1n) is 3.58. The maximum atomic E-state index is 11.5. The summed E-state index contributed by atoms with van der Waals surface area (Å²) in [5.41, 5.74) is 0. The van der Waals surface area contributed by atoms with Gasteiger partial charge in [-0.1, -0.05) is 22.9 Å². The van der Waals surface area contributed by atoms with Gasteiger partial charge in [0.05, 0.1) is 9.73 Å². The number of hydrogen-bond acceptors (Lipinski definition) is 2. The monoisotopic (exact) mass is 247 g/mol. The molecule has 66 valence electrons. The van der Waals surface area contributed by atoms with Crippen LogP contribution in [0.15, 0.2) is 33.6 Å². The molecule has 0 saturated heterocycles. The molecule has 0 heterocycles. The zero-order valence-electron chi connectivity index (χ0n) is 6.71. The van der Waals surface area contributed by atoms with Crippen molar-refractivity contribution in [1.29, 1.82) is 4.78 Å². The van der Waals surface area contributed by atoms with Crippen LogP contribution in [0, 0.1) is 4.78 Å². The minimum absolute atomic E-state index is 0.370. The smallest absolute Gasteiger partial charge is 0.0723 e. The van der Waals surface area contributed by atoms with Gasteiger partial charge in [0.15, 0.2) is 0 Å². The summed E-state index contributed by atoms with van der Waals surface area (Å²) in [4.78, 5) is 0.605. The highest BCUT2D eigenvalue weighted by Crippen LogP contribution is 2.15. The van der Waals surface area contributed by atoms with Gasteiger partial charge in [-0.15, -0.1) is 0 Å². The molecule has 0 spiro atoms. The molecule has 0 saturated carbocycles. The number of halogens is 1. The van der Waals surface area contributed by atoms with Crippen molar-refractivity contribution in [3.05, 3.63) is 28.7 Å². The third-order valence-corrected chi connectivity index (χ3v) is 3.98. The highest BCUT2D eigenvalue weighted by Gasteiger charge is 2.05. The molecule has 1 rings (SSSR count). The van der Waals surface area contributed by atoms with Crippen LogP contribution in [0.3, 0.4) is 0 Å². The molecular weight excluding hydrogens is 238 g/mol. The Bertz CT molecular complexity index is 355. The second-order valence-electron chi connectivity index (χ2n) is 2.42. The van der Waals surface area contributed by atoms with Crippen LogP contribution in [0.25, 0.3) is 0 Å². The Kier molecular flexibility index (Phi) is 2.90. The maximum absolute atomic E-state index is 11.5. The highest BCUT2D eigenvalue weighted by atomic mass is 79.9. The number of rotatable bonds is 2. The van der Waals surface area contributed by atoms with Gasteiger partial charge in [0.1, 0.15) is 0 Å². The molecule has 1 aromatic carbocycles. The lowest BCUT2D eigenvalue weighted by atomic mass is 10.4. The standard InChI is InChI=1S/C8H10BrNOS/c1-2-12(10,11)8-5-3-7(9)4-6-8/h3-6,10H,2H2,1H3. The Morgan fingerprint density at radius 3 is 2.33 bits per heavy atom. The zero-order chi connectivity index (χ0) is 9.19. The summed E-state index contributed by atoms with van der Waals surface area (Å²) in [5.74, 6) is 0.370. The van der Waals surface area contributed by atoms with Crippen LogP contribution in [0.2, 0.25) is 0 Å². The fourth-order valence-corrected chi connectivity index (χ4v) is 1.99. The molecule has 0 aliphatic heterocycles. The van der Waals surface area contributed by atoms with Crippen molar-refractivity contribution < 1.29 is 4.21 Å². The molecule has 0 bridgehead atoms. The van der Waals surface area contributed by atoms with E-state index in [0.717, 1.165) is 4.47 Å². The molecule has 1 atom stereocenters. The Morgan fingerprint density at radius 1 is 1.42 bits per heavy atom. The molecule has 4 heteroatoms. The first kappa shape index (κ1) is 9.74. The molecule has 0 fully saturated rings. The summed E-state index contributed by atoms with van der Waals surface area (Å²) < 4.78 is 20.0. The molecule has 0 aliphatic rings. The van der Waals surface area contributed by atoms with Crippen molar-refractivity contribution in [2.45, 2.75) is 11.8 Å². The summed E-state index contributed by atoms with van der Waals surface area (Å²) in [6.07, 6.45) is 0. The molecule has 0 amide bonds. The number of nitrogens with one attached hydrogen (secondary N) is 1. The molecule has 0 aliphatic carbocycles. The van der Waals surface area contributed by atoms with Gasteiger partial charge in [0.2, 0.25) is 0 Å². The molecule has 1 N–H and O–H groups in total. The van der Waals surface area contributed by atoms with E-state index in [9.17, 15) is 4.21 Å². The predicted octanol–water partition coefficient (Wildman–Crippen LogP) is 2.87. The Morgan fingerprint density at radius 2 is 1.92 bits per heavy atom. The Balaban J connectivity index is 3.14. The van der Waals surface area contributed by atoms with E-state index in [2.05, 4.69) is 15.9 Å². The van der Waals surface area contributed by atoms with Crippen molar-refractivity contribution in [2.75, 3.05) is 5.75 Å². The van der Waals surface area contributed by atoms with Crippen molar-refractivity contribution >= 4 is 25.7 Å². The molecular formula is C8H10BrNOS. The van der Waals surface area contributed by atoms with Crippen molar-refractivity contribution in [3.63, 3.8) is 0 Å². The molecule has 1 aromatic rings. The van der Waals surface area contributed by atoms with Crippen molar-refractivity contribution in [3.8, 4) is 0 Å². The lowest BCUT2D eigenvalue weighted by Gasteiger charge is -2.03. The van der Waals surface area contributed by atoms with E-state index in [0.29, 0.717) is 10.6 Å². The minimum Gasteiger partial charge on any atom is -0.249 e. The van der Waals surface area contributed by atoms with Crippen LogP contribution in [-0.4, -0.2) is 9.96 Å². The van der Waals surface area contributed by atoms with Crippen LogP contribution >= 0.6 is 15.9 Å². The third kappa shape index (κ3) is 2.08. The maximum Gasteiger partial charge on any atom is 0.0723 e. The summed E-state index contributed by atoms with van der Waals surface area (Å²) in [6.45, 7) is 1.76. The SMILES string of the molecule is CCS(=N)(=O)c1ccc(Br)cc1. The second kappa shape index (κ2) is 3.58. The second-order valence-corrected chi connectivity index (χ2v) is 5.73. The average Bonchev–Trinajstić information content (AvgIpc) is 2.05. The van der Waals surface area contributed by atoms with Gasteiger partial charge < -0.3 is 0 Å². The van der Waals surface area contributed by atoms with E-state index in [1.165, 1.54) is 0 Å². The molecule has 1 unspecified atom stereocenters. The first-order chi connectivity index (χ1) is 5.56. The fraction of sp³-hybridized carbons (Fsp3) is 0.250. The number of hydrogen-bond donors (Lipinski definition) is 1. The molecule has 0 aromatic heterocycles. The van der Waals surface area contributed by atoms with E-state index in [1.807, 2.05) is 0 Å². The average molecular weight is 248 g/mol. The summed E-state index contributed by atoms with van der Waals surface area (Å²) in [6, 6.07) is 7.06. The lowest BCUT2D eigenvalue weighted by molar-refractivity contribution is 0.675. The summed E-state index contributed by atoms with van der Waals surface area (Å²) in [7, 11) is -2.54. The molecule has 2 nitrogen and oxygen atoms in total. The van der Waals surface area contributed by atoms with Crippen LogP contribution in [0.5, 0.6) is 0 Å². The van der Waals surface area contributed by atoms with Crippen LogP contribution in [0.4, 0.5) is 0 Å². The van der Waals surface area contributed by atoms with Crippen molar-refractivity contribution in [2.24, 2.45) is 0 Å². The van der Waals surface area contributed by atoms with Gasteiger partial charge in [-0.25, -0.2) is 8.99 Å².